The third-order valence-electron chi connectivity index (χ3n) is 5.29. The Balaban J connectivity index is 1.83. The van der Waals surface area contributed by atoms with Gasteiger partial charge in [0.2, 0.25) is 12.1 Å². The molecule has 1 aromatic carbocycles. The number of carboxylic acids is 1. The van der Waals surface area contributed by atoms with E-state index in [2.05, 4.69) is 5.32 Å². The molecule has 8 nitrogen and oxygen atoms in total. The number of hydrogen-bond acceptors (Lipinski definition) is 6. The van der Waals surface area contributed by atoms with Gasteiger partial charge in [-0.1, -0.05) is 56.5 Å². The predicted octanol–water partition coefficient (Wildman–Crippen LogP) is 3.23. The molecule has 0 aromatic heterocycles. The summed E-state index contributed by atoms with van der Waals surface area (Å²) in [6, 6.07) is 8.79. The maximum absolute atomic E-state index is 12.2. The number of ketones is 1. The SMILES string of the molecule is CCC(OC(=O)NCC1(CC(=O)O)CCCCC1)OC(=O)C(=O)Cc1ccccc1. The van der Waals surface area contributed by atoms with Gasteiger partial charge in [0.1, 0.15) is 0 Å². The average Bonchev–Trinajstić information content (AvgIpc) is 2.72. The summed E-state index contributed by atoms with van der Waals surface area (Å²) in [4.78, 5) is 47.5. The van der Waals surface area contributed by atoms with E-state index in [4.69, 9.17) is 9.47 Å². The second-order valence-corrected chi connectivity index (χ2v) is 7.72. The van der Waals surface area contributed by atoms with Gasteiger partial charge in [-0.2, -0.15) is 0 Å². The van der Waals surface area contributed by atoms with Gasteiger partial charge >= 0.3 is 18.0 Å². The number of hydrogen-bond donors (Lipinski definition) is 2. The van der Waals surface area contributed by atoms with Gasteiger partial charge < -0.3 is 19.9 Å². The molecule has 0 radical (unpaired) electrons. The number of amides is 1. The van der Waals surface area contributed by atoms with E-state index in [0.29, 0.717) is 5.56 Å². The Kier molecular flexibility index (Phi) is 8.83. The smallest absolute Gasteiger partial charge is 0.410 e. The third-order valence-corrected chi connectivity index (χ3v) is 5.29. The minimum absolute atomic E-state index is 0.0204. The molecule has 1 aromatic rings. The van der Waals surface area contributed by atoms with E-state index in [1.54, 1.807) is 37.3 Å². The van der Waals surface area contributed by atoms with Crippen LogP contribution in [0.3, 0.4) is 0 Å². The Hall–Kier alpha value is -2.90. The van der Waals surface area contributed by atoms with Crippen LogP contribution in [0.5, 0.6) is 0 Å². The number of carboxylic acid groups (broad SMARTS) is 1. The summed E-state index contributed by atoms with van der Waals surface area (Å²) in [5.74, 6) is -2.69. The maximum Gasteiger partial charge on any atom is 0.410 e. The largest absolute Gasteiger partial charge is 0.481 e. The first-order chi connectivity index (χ1) is 14.3. The fourth-order valence-electron chi connectivity index (χ4n) is 3.69. The minimum atomic E-state index is -1.20. The molecule has 8 heteroatoms. The van der Waals surface area contributed by atoms with Crippen molar-refractivity contribution in [2.24, 2.45) is 5.41 Å². The highest BCUT2D eigenvalue weighted by Gasteiger charge is 2.35. The molecule has 1 aliphatic carbocycles. The number of Topliss-reactive ketones (excluding diaryl/α,β-unsaturated/α-hetero) is 1. The van der Waals surface area contributed by atoms with Gasteiger partial charge in [-0.05, 0) is 23.8 Å². The number of benzene rings is 1. The molecule has 164 valence electrons. The van der Waals surface area contributed by atoms with E-state index in [1.165, 1.54) is 0 Å². The fourth-order valence-corrected chi connectivity index (χ4v) is 3.69. The second-order valence-electron chi connectivity index (χ2n) is 7.72. The van der Waals surface area contributed by atoms with E-state index in [1.807, 2.05) is 0 Å². The molecule has 30 heavy (non-hydrogen) atoms. The lowest BCUT2D eigenvalue weighted by molar-refractivity contribution is -0.172. The van der Waals surface area contributed by atoms with Crippen LogP contribution < -0.4 is 5.32 Å². The molecular weight excluding hydrogens is 390 g/mol. The van der Waals surface area contributed by atoms with Crippen molar-refractivity contribution in [3.8, 4) is 0 Å². The topological polar surface area (TPSA) is 119 Å². The summed E-state index contributed by atoms with van der Waals surface area (Å²) in [5, 5.41) is 11.8. The number of ether oxygens (including phenoxy) is 2. The van der Waals surface area contributed by atoms with Crippen molar-refractivity contribution in [2.75, 3.05) is 6.54 Å². The molecule has 0 aliphatic heterocycles. The van der Waals surface area contributed by atoms with E-state index in [9.17, 15) is 24.3 Å². The molecule has 1 aliphatic rings. The fraction of sp³-hybridized carbons (Fsp3) is 0.545. The Bertz CT molecular complexity index is 741. The van der Waals surface area contributed by atoms with Gasteiger partial charge in [-0.15, -0.1) is 0 Å². The number of rotatable bonds is 10. The van der Waals surface area contributed by atoms with Crippen molar-refractivity contribution in [3.05, 3.63) is 35.9 Å². The standard InChI is InChI=1S/C22H29NO7/c1-2-19(29-20(27)17(24)13-16-9-5-3-6-10-16)30-21(28)23-15-22(14-18(25)26)11-7-4-8-12-22/h3,5-6,9-10,19H,2,4,7-8,11-15H2,1H3,(H,23,28)(H,25,26). The summed E-state index contributed by atoms with van der Waals surface area (Å²) in [6.45, 7) is 1.83. The molecule has 1 unspecified atom stereocenters. The van der Waals surface area contributed by atoms with Gasteiger partial charge in [-0.25, -0.2) is 9.59 Å². The summed E-state index contributed by atoms with van der Waals surface area (Å²) in [5.41, 5.74) is 0.190. The third kappa shape index (κ3) is 7.50. The Labute approximate surface area is 175 Å². The number of esters is 1. The van der Waals surface area contributed by atoms with Crippen molar-refractivity contribution in [1.29, 1.82) is 0 Å². The molecule has 2 rings (SSSR count). The van der Waals surface area contributed by atoms with Crippen molar-refractivity contribution in [3.63, 3.8) is 0 Å². The van der Waals surface area contributed by atoms with Crippen LogP contribution in [-0.4, -0.2) is 41.8 Å². The monoisotopic (exact) mass is 419 g/mol. The minimum Gasteiger partial charge on any atom is -0.481 e. The van der Waals surface area contributed by atoms with Crippen LogP contribution in [0.25, 0.3) is 0 Å². The lowest BCUT2D eigenvalue weighted by atomic mass is 9.72. The van der Waals surface area contributed by atoms with Crippen LogP contribution >= 0.6 is 0 Å². The van der Waals surface area contributed by atoms with Gasteiger partial charge in [-0.3, -0.25) is 9.59 Å². The molecule has 0 bridgehead atoms. The molecule has 0 spiro atoms. The highest BCUT2D eigenvalue weighted by molar-refractivity contribution is 6.34. The highest BCUT2D eigenvalue weighted by atomic mass is 16.7. The molecule has 1 fully saturated rings. The first-order valence-electron chi connectivity index (χ1n) is 10.3. The zero-order valence-electron chi connectivity index (χ0n) is 17.2. The quantitative estimate of drug-likeness (QED) is 0.339. The average molecular weight is 419 g/mol. The van der Waals surface area contributed by atoms with Crippen molar-refractivity contribution in [1.82, 2.24) is 5.32 Å². The second kappa shape index (κ2) is 11.3. The summed E-state index contributed by atoms with van der Waals surface area (Å²) in [7, 11) is 0. The molecular formula is C22H29NO7. The Morgan fingerprint density at radius 2 is 1.73 bits per heavy atom. The molecule has 0 heterocycles. The lowest BCUT2D eigenvalue weighted by Crippen LogP contribution is -2.42. The van der Waals surface area contributed by atoms with Crippen LogP contribution in [0.2, 0.25) is 0 Å². The lowest BCUT2D eigenvalue weighted by Gasteiger charge is -2.36. The van der Waals surface area contributed by atoms with E-state index in [0.717, 1.165) is 32.1 Å². The van der Waals surface area contributed by atoms with E-state index >= 15 is 0 Å². The highest BCUT2D eigenvalue weighted by Crippen LogP contribution is 2.38. The van der Waals surface area contributed by atoms with Crippen molar-refractivity contribution < 1.29 is 33.8 Å². The number of aliphatic carboxylic acids is 1. The first kappa shape index (κ1) is 23.4. The van der Waals surface area contributed by atoms with Gasteiger partial charge in [0.15, 0.2) is 0 Å². The summed E-state index contributed by atoms with van der Waals surface area (Å²) < 4.78 is 10.1. The number of carbonyl (C=O) groups excluding carboxylic acids is 3. The maximum atomic E-state index is 12.2. The molecule has 1 saturated carbocycles. The predicted molar refractivity (Wildman–Crippen MR) is 108 cm³/mol. The zero-order chi connectivity index (χ0) is 22.0. The van der Waals surface area contributed by atoms with Gasteiger partial charge in [0.05, 0.1) is 6.42 Å². The van der Waals surface area contributed by atoms with E-state index < -0.39 is 35.5 Å². The number of carbonyl (C=O) groups is 4. The molecule has 2 N–H and O–H groups in total. The molecule has 1 atom stereocenters. The molecule has 0 saturated heterocycles. The first-order valence-corrected chi connectivity index (χ1v) is 10.3. The summed E-state index contributed by atoms with van der Waals surface area (Å²) in [6.07, 6.45) is 2.40. The van der Waals surface area contributed by atoms with Crippen LogP contribution in [0.4, 0.5) is 4.79 Å². The zero-order valence-corrected chi connectivity index (χ0v) is 17.2. The summed E-state index contributed by atoms with van der Waals surface area (Å²) >= 11 is 0. The Morgan fingerprint density at radius 3 is 2.33 bits per heavy atom. The van der Waals surface area contributed by atoms with Gasteiger partial charge in [0, 0.05) is 19.4 Å². The van der Waals surface area contributed by atoms with Crippen molar-refractivity contribution in [2.45, 2.75) is 64.6 Å². The van der Waals surface area contributed by atoms with Crippen molar-refractivity contribution >= 4 is 23.8 Å². The molecule has 1 amide bonds. The van der Waals surface area contributed by atoms with Gasteiger partial charge in [0.25, 0.3) is 0 Å². The van der Waals surface area contributed by atoms with E-state index in [-0.39, 0.29) is 25.8 Å². The van der Waals surface area contributed by atoms with Crippen LogP contribution in [0.1, 0.15) is 57.4 Å². The van der Waals surface area contributed by atoms with Crippen LogP contribution in [0.15, 0.2) is 30.3 Å². The number of nitrogens with one attached hydrogen (secondary N) is 1. The van der Waals surface area contributed by atoms with Crippen LogP contribution in [-0.2, 0) is 30.3 Å². The number of alkyl carbamates (subject to hydrolysis) is 1. The normalized spacial score (nSPS) is 16.2. The van der Waals surface area contributed by atoms with Crippen LogP contribution in [0, 0.1) is 5.41 Å². The Morgan fingerprint density at radius 1 is 1.07 bits per heavy atom.